The summed E-state index contributed by atoms with van der Waals surface area (Å²) in [7, 11) is 0. The monoisotopic (exact) mass is 121 g/mol. The zero-order valence-electron chi connectivity index (χ0n) is 2.11. The van der Waals surface area contributed by atoms with Crippen LogP contribution in [0.2, 0.25) is 0 Å². The minimum Gasteiger partial charge on any atom is -0.404 e. The van der Waals surface area contributed by atoms with E-state index in [4.69, 9.17) is 5.73 Å². The summed E-state index contributed by atoms with van der Waals surface area (Å²) in [5, 5.41) is 0. The molecule has 4 heavy (non-hydrogen) atoms. The van der Waals surface area contributed by atoms with Crippen molar-refractivity contribution in [3.63, 3.8) is 0 Å². The molecule has 2 N–H and O–H groups in total. The van der Waals surface area contributed by atoms with E-state index in [9.17, 15) is 0 Å². The molecule has 0 amide bonds. The van der Waals surface area contributed by atoms with Crippen LogP contribution in [0.3, 0.4) is 0 Å². The molecule has 0 bridgehead atoms. The van der Waals surface area contributed by atoms with E-state index in [1.807, 2.05) is 0 Å². The molecule has 0 fully saturated rings. The maximum atomic E-state index is 4.80. The molecular weight excluding hydrogens is 118 g/mol. The first-order chi connectivity index (χ1) is 1.91. The third-order valence-corrected chi connectivity index (χ3v) is 0.378. The Hall–Kier alpha value is 0.0200. The van der Waals surface area contributed by atoms with E-state index < -0.39 is 0 Å². The molecule has 1 nitrogen and oxygen atoms in total. The highest BCUT2D eigenvalue weighted by Gasteiger charge is 1.35. The van der Waals surface area contributed by atoms with Crippen LogP contribution < -0.4 is 5.73 Å². The molecule has 0 aromatic carbocycles. The third-order valence-electron chi connectivity index (χ3n) is 0.0727. The molecule has 0 saturated heterocycles. The van der Waals surface area contributed by atoms with E-state index in [0.717, 1.165) is 0 Å². The van der Waals surface area contributed by atoms with Crippen molar-refractivity contribution < 1.29 is 0 Å². The van der Waals surface area contributed by atoms with Crippen molar-refractivity contribution in [2.24, 2.45) is 5.73 Å². The van der Waals surface area contributed by atoms with Crippen LogP contribution >= 0.6 is 15.9 Å². The number of hydrogen-bond acceptors (Lipinski definition) is 1. The molecule has 0 aromatic rings. The Kier molecular flexibility index (Phi) is 3.04. The molecule has 0 aliphatic carbocycles. The van der Waals surface area contributed by atoms with Crippen molar-refractivity contribution in [1.29, 1.82) is 0 Å². The summed E-state index contributed by atoms with van der Waals surface area (Å²) in [6, 6.07) is 0. The summed E-state index contributed by atoms with van der Waals surface area (Å²) >= 11 is 2.94. The second-order valence-electron chi connectivity index (χ2n) is 0.318. The van der Waals surface area contributed by atoms with Crippen LogP contribution in [-0.2, 0) is 0 Å². The van der Waals surface area contributed by atoms with Gasteiger partial charge in [-0.1, -0.05) is 15.9 Å². The lowest BCUT2D eigenvalue weighted by Crippen LogP contribution is -1.69. The maximum absolute atomic E-state index is 4.80. The molecule has 0 heterocycles. The largest absolute Gasteiger partial charge is 0.404 e. The first-order valence-corrected chi connectivity index (χ1v) is 1.80. The number of rotatable bonds is 0. The van der Waals surface area contributed by atoms with Crippen molar-refractivity contribution in [2.45, 2.75) is 0 Å². The lowest BCUT2D eigenvalue weighted by atomic mass is 11.1. The lowest BCUT2D eigenvalue weighted by Gasteiger charge is -1.51. The molecule has 0 unspecified atom stereocenters. The van der Waals surface area contributed by atoms with Gasteiger partial charge in [0.15, 0.2) is 0 Å². The minimum absolute atomic E-state index is 1.42. The van der Waals surface area contributed by atoms with Gasteiger partial charge in [0.05, 0.1) is 0 Å². The first kappa shape index (κ1) is 4.02. The zero-order valence-corrected chi connectivity index (χ0v) is 3.70. The van der Waals surface area contributed by atoms with Gasteiger partial charge in [-0.15, -0.1) is 0 Å². The van der Waals surface area contributed by atoms with Gasteiger partial charge in [-0.2, -0.15) is 0 Å². The van der Waals surface area contributed by atoms with Crippen LogP contribution in [0.25, 0.3) is 0 Å². The van der Waals surface area contributed by atoms with Gasteiger partial charge in [0.25, 0.3) is 0 Å². The van der Waals surface area contributed by atoms with Crippen LogP contribution in [0.15, 0.2) is 11.2 Å². The average Bonchev–Trinajstić information content (AvgIpc) is 1.37. The van der Waals surface area contributed by atoms with Crippen molar-refractivity contribution in [1.82, 2.24) is 0 Å². The molecular formula is C2H4BrN. The zero-order chi connectivity index (χ0) is 3.41. The van der Waals surface area contributed by atoms with E-state index in [0.29, 0.717) is 0 Å². The molecule has 0 spiro atoms. The Morgan fingerprint density at radius 1 is 1.75 bits per heavy atom. The molecule has 0 saturated carbocycles. The quantitative estimate of drug-likeness (QED) is 0.505. The molecule has 0 aromatic heterocycles. The van der Waals surface area contributed by atoms with Crippen molar-refractivity contribution in [3.8, 4) is 0 Å². The molecule has 24 valence electrons. The maximum Gasteiger partial charge on any atom is 0.000801 e. The first-order valence-electron chi connectivity index (χ1n) is 0.885. The number of hydrogen-bond donors (Lipinski definition) is 1. The summed E-state index contributed by atoms with van der Waals surface area (Å²) in [6.45, 7) is 0. The fourth-order valence-electron chi connectivity index (χ4n) is 0. The molecule has 0 radical (unpaired) electrons. The molecule has 0 atom stereocenters. The predicted molar refractivity (Wildman–Crippen MR) is 22.3 cm³/mol. The van der Waals surface area contributed by atoms with Gasteiger partial charge in [-0.3, -0.25) is 0 Å². The Morgan fingerprint density at radius 3 is 2.00 bits per heavy atom. The number of nitrogens with two attached hydrogens (primary N) is 1. The smallest absolute Gasteiger partial charge is 0.000801 e. The summed E-state index contributed by atoms with van der Waals surface area (Å²) in [4.78, 5) is 1.59. The van der Waals surface area contributed by atoms with Crippen LogP contribution in [0.1, 0.15) is 0 Å². The molecule has 0 aliphatic heterocycles. The Labute approximate surface area is 33.6 Å². The van der Waals surface area contributed by atoms with Crippen LogP contribution in [0.4, 0.5) is 0 Å². The normalized spacial score (nSPS) is 9.25. The summed E-state index contributed by atoms with van der Waals surface area (Å²) in [6.07, 6.45) is 1.42. The van der Waals surface area contributed by atoms with Gasteiger partial charge >= 0.3 is 0 Å². The summed E-state index contributed by atoms with van der Waals surface area (Å²) in [5.74, 6) is 0. The van der Waals surface area contributed by atoms with Crippen molar-refractivity contribution >= 4 is 15.9 Å². The predicted octanol–water partition coefficient (Wildman–Crippen LogP) is 0.811. The lowest BCUT2D eigenvalue weighted by molar-refractivity contribution is 1.63. The highest BCUT2D eigenvalue weighted by molar-refractivity contribution is 9.11. The Balaban J connectivity index is 2.55. The van der Waals surface area contributed by atoms with Crippen LogP contribution in [0, 0.1) is 0 Å². The highest BCUT2D eigenvalue weighted by Crippen LogP contribution is 1.72. The second kappa shape index (κ2) is 3.02. The van der Waals surface area contributed by atoms with Crippen molar-refractivity contribution in [2.75, 3.05) is 0 Å². The summed E-state index contributed by atoms with van der Waals surface area (Å²) in [5.41, 5.74) is 4.80. The van der Waals surface area contributed by atoms with Crippen LogP contribution in [-0.4, -0.2) is 0 Å². The molecule has 2 heteroatoms. The standard InChI is InChI=1S/C2H4BrN/c3-1-2-4/h1-2H,4H2. The second-order valence-corrected chi connectivity index (χ2v) is 0.847. The number of halogens is 1. The van der Waals surface area contributed by atoms with E-state index >= 15 is 0 Å². The molecule has 0 aliphatic rings. The van der Waals surface area contributed by atoms with Gasteiger partial charge in [0, 0.05) is 6.20 Å². The van der Waals surface area contributed by atoms with E-state index in [-0.39, 0.29) is 0 Å². The summed E-state index contributed by atoms with van der Waals surface area (Å²) < 4.78 is 0. The van der Waals surface area contributed by atoms with Crippen LogP contribution in [0.5, 0.6) is 0 Å². The van der Waals surface area contributed by atoms with Gasteiger partial charge in [-0.25, -0.2) is 0 Å². The topological polar surface area (TPSA) is 26.0 Å². The Bertz CT molecular complexity index is 21.2. The van der Waals surface area contributed by atoms with Gasteiger partial charge < -0.3 is 5.73 Å². The van der Waals surface area contributed by atoms with E-state index in [1.54, 1.807) is 4.99 Å². The SMILES string of the molecule is NC=CBr. The van der Waals surface area contributed by atoms with Gasteiger partial charge in [-0.05, 0) is 4.99 Å². The average molecular weight is 122 g/mol. The molecule has 0 rings (SSSR count). The highest BCUT2D eigenvalue weighted by atomic mass is 79.9. The minimum atomic E-state index is 1.42. The van der Waals surface area contributed by atoms with E-state index in [1.165, 1.54) is 6.20 Å². The van der Waals surface area contributed by atoms with Crippen molar-refractivity contribution in [3.05, 3.63) is 11.2 Å². The fourth-order valence-corrected chi connectivity index (χ4v) is 0. The van der Waals surface area contributed by atoms with E-state index in [2.05, 4.69) is 15.9 Å². The third kappa shape index (κ3) is 2.02. The van der Waals surface area contributed by atoms with Gasteiger partial charge in [0.1, 0.15) is 0 Å². The van der Waals surface area contributed by atoms with Gasteiger partial charge in [0.2, 0.25) is 0 Å². The fraction of sp³-hybridized carbons (Fsp3) is 0. The Morgan fingerprint density at radius 2 is 2.00 bits per heavy atom.